The number of nitrogens with zero attached hydrogens (tertiary/aromatic N) is 2. The van der Waals surface area contributed by atoms with Gasteiger partial charge >= 0.3 is 0 Å². The average Bonchev–Trinajstić information content (AvgIpc) is 2.03. The second-order valence-corrected chi connectivity index (χ2v) is 4.68. The molecule has 0 aliphatic carbocycles. The van der Waals surface area contributed by atoms with E-state index in [9.17, 15) is 8.42 Å². The lowest BCUT2D eigenvalue weighted by atomic mass is 10.6. The number of nitrogens with one attached hydrogen (secondary N) is 1. The first-order chi connectivity index (χ1) is 6.03. The van der Waals surface area contributed by atoms with Gasteiger partial charge in [-0.05, 0) is 17.7 Å². The number of hydrogen-bond donors (Lipinski definition) is 1. The average molecular weight is 242 g/mol. The van der Waals surface area contributed by atoms with Gasteiger partial charge in [0.1, 0.15) is 11.0 Å². The molecule has 0 aliphatic heterocycles. The quantitative estimate of drug-likeness (QED) is 0.635. The minimum Gasteiger partial charge on any atom is -0.266 e. The van der Waals surface area contributed by atoms with Gasteiger partial charge in [-0.25, -0.2) is 13.4 Å². The molecule has 1 aromatic rings. The van der Waals surface area contributed by atoms with Crippen LogP contribution in [0.5, 0.6) is 0 Å². The molecule has 1 N–H and O–H groups in total. The van der Waals surface area contributed by atoms with Crippen molar-refractivity contribution in [3.63, 3.8) is 0 Å². The summed E-state index contributed by atoms with van der Waals surface area (Å²) in [5.41, 5.74) is 0. The number of aromatic nitrogens is 2. The number of halogens is 2. The molecule has 0 unspecified atom stereocenters. The summed E-state index contributed by atoms with van der Waals surface area (Å²) in [7, 11) is -3.52. The van der Waals surface area contributed by atoms with Crippen molar-refractivity contribution in [1.82, 2.24) is 9.97 Å². The van der Waals surface area contributed by atoms with Gasteiger partial charge in [-0.2, -0.15) is 4.98 Å². The van der Waals surface area contributed by atoms with Crippen molar-refractivity contribution in [3.8, 4) is 0 Å². The number of anilines is 1. The largest absolute Gasteiger partial charge is 0.266 e. The summed E-state index contributed by atoms with van der Waals surface area (Å²) in [6.07, 6.45) is 1.33. The summed E-state index contributed by atoms with van der Waals surface area (Å²) in [6, 6.07) is 1.37. The van der Waals surface area contributed by atoms with E-state index in [0.29, 0.717) is 0 Å². The predicted octanol–water partition coefficient (Wildman–Crippen LogP) is 1.07. The van der Waals surface area contributed by atoms with Gasteiger partial charge in [0.25, 0.3) is 0 Å². The highest BCUT2D eigenvalue weighted by Crippen LogP contribution is 2.08. The van der Waals surface area contributed by atoms with Crippen LogP contribution in [-0.4, -0.2) is 23.6 Å². The Kier molecular flexibility index (Phi) is 3.29. The predicted molar refractivity (Wildman–Crippen MR) is 50.3 cm³/mol. The van der Waals surface area contributed by atoms with Crippen molar-refractivity contribution in [2.45, 2.75) is 0 Å². The number of rotatable bonds is 3. The molecule has 13 heavy (non-hydrogen) atoms. The second-order valence-electron chi connectivity index (χ2n) is 2.04. The lowest BCUT2D eigenvalue weighted by molar-refractivity contribution is 0.605. The van der Waals surface area contributed by atoms with Gasteiger partial charge in [-0.15, -0.1) is 11.6 Å². The van der Waals surface area contributed by atoms with E-state index in [4.69, 9.17) is 23.2 Å². The van der Waals surface area contributed by atoms with Crippen molar-refractivity contribution in [2.24, 2.45) is 0 Å². The van der Waals surface area contributed by atoms with E-state index < -0.39 is 15.2 Å². The summed E-state index contributed by atoms with van der Waals surface area (Å²) in [5, 5.41) is -0.566. The van der Waals surface area contributed by atoms with Crippen LogP contribution in [0.2, 0.25) is 5.28 Å². The Balaban J connectivity index is 2.87. The normalized spacial score (nSPS) is 11.2. The van der Waals surface area contributed by atoms with E-state index in [1.807, 2.05) is 0 Å². The molecule has 0 radical (unpaired) electrons. The monoisotopic (exact) mass is 241 g/mol. The fourth-order valence-corrected chi connectivity index (χ4v) is 1.38. The molecule has 0 aliphatic rings. The molecule has 0 saturated heterocycles. The first-order valence-corrected chi connectivity index (χ1v) is 5.65. The third-order valence-electron chi connectivity index (χ3n) is 1.03. The van der Waals surface area contributed by atoms with E-state index in [1.165, 1.54) is 12.3 Å². The second kappa shape index (κ2) is 4.08. The van der Waals surface area contributed by atoms with Crippen LogP contribution in [0.1, 0.15) is 0 Å². The van der Waals surface area contributed by atoms with Crippen LogP contribution < -0.4 is 4.72 Å². The molecule has 72 valence electrons. The van der Waals surface area contributed by atoms with Crippen molar-refractivity contribution in [2.75, 3.05) is 9.93 Å². The van der Waals surface area contributed by atoms with E-state index in [2.05, 4.69) is 14.7 Å². The number of sulfonamides is 1. The summed E-state index contributed by atoms with van der Waals surface area (Å²) in [5.74, 6) is 0.0978. The Bertz CT molecular complexity index is 395. The fraction of sp³-hybridized carbons (Fsp3) is 0.200. The highest BCUT2D eigenvalue weighted by Gasteiger charge is 2.08. The molecule has 1 rings (SSSR count). The third kappa shape index (κ3) is 3.33. The van der Waals surface area contributed by atoms with Crippen LogP contribution in [0.3, 0.4) is 0 Å². The molecule has 1 aromatic heterocycles. The van der Waals surface area contributed by atoms with Crippen LogP contribution >= 0.6 is 23.2 Å². The third-order valence-corrected chi connectivity index (χ3v) is 2.88. The Morgan fingerprint density at radius 1 is 1.54 bits per heavy atom. The van der Waals surface area contributed by atoms with E-state index in [0.717, 1.165) is 0 Å². The summed E-state index contributed by atoms with van der Waals surface area (Å²) < 4.78 is 24.0. The molecule has 0 amide bonds. The molecule has 5 nitrogen and oxygen atoms in total. The zero-order chi connectivity index (χ0) is 9.90. The molecule has 1 heterocycles. The minimum absolute atomic E-state index is 0.0326. The highest BCUT2D eigenvalue weighted by atomic mass is 35.5. The van der Waals surface area contributed by atoms with Gasteiger partial charge in [-0.3, -0.25) is 4.72 Å². The summed E-state index contributed by atoms with van der Waals surface area (Å²) in [6.45, 7) is 0. The van der Waals surface area contributed by atoms with Crippen LogP contribution in [0.4, 0.5) is 5.82 Å². The molecule has 0 atom stereocenters. The van der Waals surface area contributed by atoms with Gasteiger partial charge in [0.15, 0.2) is 0 Å². The SMILES string of the molecule is O=S(=O)(CCl)Nc1ccnc(Cl)n1. The van der Waals surface area contributed by atoms with Crippen LogP contribution in [0.15, 0.2) is 12.3 Å². The first-order valence-electron chi connectivity index (χ1n) is 3.08. The lowest BCUT2D eigenvalue weighted by Gasteiger charge is -2.02. The van der Waals surface area contributed by atoms with Crippen molar-refractivity contribution < 1.29 is 8.42 Å². The summed E-state index contributed by atoms with van der Waals surface area (Å²) in [4.78, 5) is 7.19. The number of hydrogen-bond acceptors (Lipinski definition) is 4. The lowest BCUT2D eigenvalue weighted by Crippen LogP contribution is -2.14. The molecule has 0 aromatic carbocycles. The van der Waals surface area contributed by atoms with E-state index in [1.54, 1.807) is 0 Å². The maximum absolute atomic E-state index is 10.9. The number of alkyl halides is 1. The topological polar surface area (TPSA) is 72.0 Å². The molecule has 0 fully saturated rings. The van der Waals surface area contributed by atoms with E-state index >= 15 is 0 Å². The Hall–Kier alpha value is -0.590. The molecule has 0 spiro atoms. The van der Waals surface area contributed by atoms with Gasteiger partial charge in [0.2, 0.25) is 15.3 Å². The maximum Gasteiger partial charge on any atom is 0.247 e. The zero-order valence-corrected chi connectivity index (χ0v) is 8.57. The van der Waals surface area contributed by atoms with Gasteiger partial charge < -0.3 is 0 Å². The Morgan fingerprint density at radius 3 is 2.77 bits per heavy atom. The van der Waals surface area contributed by atoms with Crippen LogP contribution in [0, 0.1) is 0 Å². The minimum atomic E-state index is -3.52. The zero-order valence-electron chi connectivity index (χ0n) is 6.24. The van der Waals surface area contributed by atoms with E-state index in [-0.39, 0.29) is 11.1 Å². The standard InChI is InChI=1S/C5H5Cl2N3O2S/c6-3-13(11,12)10-4-1-2-8-5(7)9-4/h1-2H,3H2,(H,8,9,10). The highest BCUT2D eigenvalue weighted by molar-refractivity contribution is 7.93. The maximum atomic E-state index is 10.9. The van der Waals surface area contributed by atoms with Crippen molar-refractivity contribution in [3.05, 3.63) is 17.5 Å². The van der Waals surface area contributed by atoms with Gasteiger partial charge in [0.05, 0.1) is 0 Å². The Labute approximate surface area is 85.2 Å². The van der Waals surface area contributed by atoms with Crippen molar-refractivity contribution in [1.29, 1.82) is 0 Å². The summed E-state index contributed by atoms with van der Waals surface area (Å²) >= 11 is 10.6. The van der Waals surface area contributed by atoms with Crippen LogP contribution in [0.25, 0.3) is 0 Å². The molecular weight excluding hydrogens is 237 g/mol. The first kappa shape index (κ1) is 10.5. The van der Waals surface area contributed by atoms with Crippen LogP contribution in [-0.2, 0) is 10.0 Å². The molecule has 8 heteroatoms. The van der Waals surface area contributed by atoms with Crippen molar-refractivity contribution >= 4 is 39.0 Å². The Morgan fingerprint density at radius 2 is 2.23 bits per heavy atom. The molecule has 0 bridgehead atoms. The smallest absolute Gasteiger partial charge is 0.247 e. The van der Waals surface area contributed by atoms with Gasteiger partial charge in [0, 0.05) is 6.20 Å². The molecule has 0 saturated carbocycles. The van der Waals surface area contributed by atoms with Gasteiger partial charge in [-0.1, -0.05) is 0 Å². The molecular formula is C5H5Cl2N3O2S. The fourth-order valence-electron chi connectivity index (χ4n) is 0.578.